The molecule has 4 aromatic rings. The van der Waals surface area contributed by atoms with Gasteiger partial charge in [0.15, 0.2) is 0 Å². The second-order valence-electron chi connectivity index (χ2n) is 7.89. The topological polar surface area (TPSA) is 132 Å². The molecule has 4 rings (SSSR count). The van der Waals surface area contributed by atoms with E-state index in [-0.39, 0.29) is 16.9 Å². The zero-order valence-corrected chi connectivity index (χ0v) is 19.8. The van der Waals surface area contributed by atoms with Crippen molar-refractivity contribution in [2.45, 2.75) is 37.8 Å². The first kappa shape index (κ1) is 23.0. The lowest BCUT2D eigenvalue weighted by molar-refractivity contribution is -0.124. The summed E-state index contributed by atoms with van der Waals surface area (Å²) in [5.41, 5.74) is 2.50. The summed E-state index contributed by atoms with van der Waals surface area (Å²) in [6.45, 7) is 5.42. The van der Waals surface area contributed by atoms with E-state index in [0.29, 0.717) is 11.0 Å². The predicted molar refractivity (Wildman–Crippen MR) is 124 cm³/mol. The number of benzene rings is 2. The van der Waals surface area contributed by atoms with Gasteiger partial charge in [-0.15, -0.1) is 0 Å². The van der Waals surface area contributed by atoms with E-state index in [2.05, 4.69) is 28.9 Å². The Morgan fingerprint density at radius 2 is 1.82 bits per heavy atom. The van der Waals surface area contributed by atoms with E-state index in [0.717, 1.165) is 23.0 Å². The monoisotopic (exact) mass is 485 g/mol. The molecule has 2 heterocycles. The van der Waals surface area contributed by atoms with Gasteiger partial charge in [0, 0.05) is 0 Å². The minimum absolute atomic E-state index is 0.00366. The zero-order chi connectivity index (χ0) is 23.6. The van der Waals surface area contributed by atoms with Crippen LogP contribution in [-0.4, -0.2) is 43.9 Å². The van der Waals surface area contributed by atoms with E-state index < -0.39 is 22.0 Å². The Morgan fingerprint density at radius 1 is 1.06 bits per heavy atom. The number of amides is 1. The number of aromatic nitrogens is 5. The van der Waals surface area contributed by atoms with Gasteiger partial charge in [-0.1, -0.05) is 32.0 Å². The Bertz CT molecular complexity index is 1350. The number of fused-ring (bicyclic) bond motifs is 1. The third-order valence-corrected chi connectivity index (χ3v) is 7.22. The SMILES string of the molecule is CC(C)[C@@H](NS(=O)(=O)c1cccc2nsnc12)C(=O)N[C@H](C)c1ccc(-n2cncn2)cc1. The molecule has 2 atom stereocenters. The molecule has 0 spiro atoms. The minimum Gasteiger partial charge on any atom is -0.348 e. The summed E-state index contributed by atoms with van der Waals surface area (Å²) in [6, 6.07) is 11.0. The van der Waals surface area contributed by atoms with Crippen LogP contribution in [0.3, 0.4) is 0 Å². The highest BCUT2D eigenvalue weighted by Gasteiger charge is 2.30. The van der Waals surface area contributed by atoms with Crippen LogP contribution in [0.15, 0.2) is 60.0 Å². The standard InChI is InChI=1S/C21H23N7O3S2/c1-13(2)19(27-33(30,31)18-6-4-5-17-20(18)26-32-25-17)21(29)24-14(3)15-7-9-16(10-8-15)28-12-22-11-23-28/h4-14,19,27H,1-3H3,(H,24,29)/t14-,19-/m1/s1. The molecule has 33 heavy (non-hydrogen) atoms. The Kier molecular flexibility index (Phi) is 6.49. The van der Waals surface area contributed by atoms with E-state index in [1.165, 1.54) is 12.4 Å². The first-order chi connectivity index (χ1) is 15.8. The lowest BCUT2D eigenvalue weighted by atomic mass is 10.0. The fourth-order valence-corrected chi connectivity index (χ4v) is 5.48. The van der Waals surface area contributed by atoms with Crippen LogP contribution in [0.1, 0.15) is 32.4 Å². The van der Waals surface area contributed by atoms with Gasteiger partial charge in [-0.3, -0.25) is 4.79 Å². The van der Waals surface area contributed by atoms with Crippen molar-refractivity contribution in [1.29, 1.82) is 0 Å². The molecule has 172 valence electrons. The molecule has 10 nitrogen and oxygen atoms in total. The van der Waals surface area contributed by atoms with Crippen LogP contribution in [0.5, 0.6) is 0 Å². The lowest BCUT2D eigenvalue weighted by Gasteiger charge is -2.24. The second-order valence-corrected chi connectivity index (χ2v) is 10.1. The summed E-state index contributed by atoms with van der Waals surface area (Å²) >= 11 is 0.940. The molecular weight excluding hydrogens is 462 g/mol. The van der Waals surface area contributed by atoms with Gasteiger partial charge < -0.3 is 5.32 Å². The maximum absolute atomic E-state index is 13.1. The summed E-state index contributed by atoms with van der Waals surface area (Å²) in [7, 11) is -4.00. The number of hydrogen-bond donors (Lipinski definition) is 2. The number of carbonyl (C=O) groups is 1. The maximum Gasteiger partial charge on any atom is 0.243 e. The molecule has 0 aliphatic heterocycles. The van der Waals surface area contributed by atoms with Crippen molar-refractivity contribution < 1.29 is 13.2 Å². The van der Waals surface area contributed by atoms with Crippen LogP contribution in [-0.2, 0) is 14.8 Å². The van der Waals surface area contributed by atoms with E-state index in [1.54, 1.807) is 37.0 Å². The normalized spacial score (nSPS) is 13.8. The average Bonchev–Trinajstić information content (AvgIpc) is 3.49. The number of sulfonamides is 1. The molecule has 0 unspecified atom stereocenters. The molecule has 0 radical (unpaired) electrons. The van der Waals surface area contributed by atoms with Crippen LogP contribution >= 0.6 is 11.7 Å². The van der Waals surface area contributed by atoms with Crippen molar-refractivity contribution in [3.05, 3.63) is 60.7 Å². The van der Waals surface area contributed by atoms with Gasteiger partial charge >= 0.3 is 0 Å². The van der Waals surface area contributed by atoms with Crippen LogP contribution in [0, 0.1) is 5.92 Å². The first-order valence-corrected chi connectivity index (χ1v) is 12.5. The predicted octanol–water partition coefficient (Wildman–Crippen LogP) is 2.45. The minimum atomic E-state index is -4.00. The fourth-order valence-electron chi connectivity index (χ4n) is 3.37. The van der Waals surface area contributed by atoms with Gasteiger partial charge in [-0.2, -0.15) is 18.6 Å². The molecule has 2 N–H and O–H groups in total. The molecular formula is C21H23N7O3S2. The number of hydrogen-bond acceptors (Lipinski definition) is 8. The third kappa shape index (κ3) is 4.92. The Balaban J connectivity index is 1.49. The van der Waals surface area contributed by atoms with E-state index in [1.807, 2.05) is 31.2 Å². The highest BCUT2D eigenvalue weighted by molar-refractivity contribution is 7.89. The van der Waals surface area contributed by atoms with Crippen LogP contribution in [0.2, 0.25) is 0 Å². The largest absolute Gasteiger partial charge is 0.348 e. The quantitative estimate of drug-likeness (QED) is 0.392. The molecule has 0 bridgehead atoms. The molecule has 0 saturated carbocycles. The van der Waals surface area contributed by atoms with E-state index >= 15 is 0 Å². The molecule has 2 aromatic heterocycles. The van der Waals surface area contributed by atoms with Gasteiger partial charge in [0.2, 0.25) is 15.9 Å². The fraction of sp³-hybridized carbons (Fsp3) is 0.286. The highest BCUT2D eigenvalue weighted by atomic mass is 32.2. The van der Waals surface area contributed by atoms with Crippen molar-refractivity contribution in [1.82, 2.24) is 33.6 Å². The van der Waals surface area contributed by atoms with Gasteiger partial charge in [0.25, 0.3) is 0 Å². The molecule has 0 aliphatic rings. The van der Waals surface area contributed by atoms with Gasteiger partial charge in [0.1, 0.15) is 34.6 Å². The smallest absolute Gasteiger partial charge is 0.243 e. The summed E-state index contributed by atoms with van der Waals surface area (Å²) in [6.07, 6.45) is 3.05. The maximum atomic E-state index is 13.1. The van der Waals surface area contributed by atoms with Crippen molar-refractivity contribution in [2.75, 3.05) is 0 Å². The molecule has 12 heteroatoms. The highest BCUT2D eigenvalue weighted by Crippen LogP contribution is 2.22. The Labute approximate surface area is 195 Å². The van der Waals surface area contributed by atoms with E-state index in [9.17, 15) is 13.2 Å². The Hall–Kier alpha value is -3.22. The molecule has 2 aromatic carbocycles. The molecule has 0 fully saturated rings. The summed E-state index contributed by atoms with van der Waals surface area (Å²) in [5.74, 6) is -0.695. The van der Waals surface area contributed by atoms with Crippen LogP contribution in [0.25, 0.3) is 16.7 Å². The summed E-state index contributed by atoms with van der Waals surface area (Å²) in [5, 5.41) is 7.00. The average molecular weight is 486 g/mol. The second kappa shape index (κ2) is 9.33. The first-order valence-electron chi connectivity index (χ1n) is 10.2. The molecule has 0 aliphatic carbocycles. The van der Waals surface area contributed by atoms with E-state index in [4.69, 9.17) is 0 Å². The number of rotatable bonds is 8. The zero-order valence-electron chi connectivity index (χ0n) is 18.2. The molecule has 0 saturated heterocycles. The summed E-state index contributed by atoms with van der Waals surface area (Å²) in [4.78, 5) is 17.0. The molecule has 1 amide bonds. The summed E-state index contributed by atoms with van der Waals surface area (Å²) < 4.78 is 38.6. The van der Waals surface area contributed by atoms with Gasteiger partial charge in [-0.25, -0.2) is 18.1 Å². The third-order valence-electron chi connectivity index (χ3n) is 5.20. The lowest BCUT2D eigenvalue weighted by Crippen LogP contribution is -2.50. The van der Waals surface area contributed by atoms with Crippen molar-refractivity contribution in [3.8, 4) is 5.69 Å². The number of nitrogens with one attached hydrogen (secondary N) is 2. The van der Waals surface area contributed by atoms with Gasteiger partial charge in [-0.05, 0) is 42.7 Å². The van der Waals surface area contributed by atoms with Gasteiger partial charge in [0.05, 0.1) is 23.5 Å². The van der Waals surface area contributed by atoms with Crippen molar-refractivity contribution >= 4 is 38.7 Å². The number of nitrogens with zero attached hydrogens (tertiary/aromatic N) is 5. The number of carbonyl (C=O) groups excluding carboxylic acids is 1. The van der Waals surface area contributed by atoms with Crippen molar-refractivity contribution in [3.63, 3.8) is 0 Å². The van der Waals surface area contributed by atoms with Crippen LogP contribution < -0.4 is 10.0 Å². The van der Waals surface area contributed by atoms with Crippen molar-refractivity contribution in [2.24, 2.45) is 5.92 Å². The van der Waals surface area contributed by atoms with Crippen LogP contribution in [0.4, 0.5) is 0 Å². The Morgan fingerprint density at radius 3 is 2.48 bits per heavy atom.